The molecule has 0 bridgehead atoms. The van der Waals surface area contributed by atoms with Crippen molar-refractivity contribution in [1.29, 1.82) is 0 Å². The average molecular weight is 327 g/mol. The van der Waals surface area contributed by atoms with E-state index in [4.69, 9.17) is 0 Å². The van der Waals surface area contributed by atoms with Gasteiger partial charge in [-0.15, -0.1) is 0 Å². The number of anilines is 3. The smallest absolute Gasteiger partial charge is 0.270 e. The molecule has 0 aliphatic rings. The maximum Gasteiger partial charge on any atom is 0.270 e. The minimum atomic E-state index is -0.234. The Morgan fingerprint density at radius 1 is 1.21 bits per heavy atom. The van der Waals surface area contributed by atoms with Crippen molar-refractivity contribution >= 4 is 29.1 Å². The van der Waals surface area contributed by atoms with Crippen molar-refractivity contribution in [2.45, 2.75) is 33.2 Å². The van der Waals surface area contributed by atoms with Crippen LogP contribution in [0.4, 0.5) is 17.3 Å². The van der Waals surface area contributed by atoms with E-state index < -0.39 is 0 Å². The van der Waals surface area contributed by atoms with Gasteiger partial charge in [-0.1, -0.05) is 13.0 Å². The summed E-state index contributed by atoms with van der Waals surface area (Å²) >= 11 is 0. The molecule has 0 fully saturated rings. The maximum atomic E-state index is 12.1. The number of benzene rings is 1. The van der Waals surface area contributed by atoms with E-state index in [9.17, 15) is 9.59 Å². The highest BCUT2D eigenvalue weighted by atomic mass is 16.2. The van der Waals surface area contributed by atoms with E-state index in [1.165, 1.54) is 13.1 Å². The van der Waals surface area contributed by atoms with E-state index >= 15 is 0 Å². The molecule has 24 heavy (non-hydrogen) atoms. The largest absolute Gasteiger partial charge is 0.348 e. The Labute approximate surface area is 140 Å². The van der Waals surface area contributed by atoms with Crippen molar-refractivity contribution in [3.05, 3.63) is 42.2 Å². The summed E-state index contributed by atoms with van der Waals surface area (Å²) in [6, 6.07) is 8.81. The summed E-state index contributed by atoms with van der Waals surface area (Å²) in [5.74, 6) is -0.0688. The minimum Gasteiger partial charge on any atom is -0.348 e. The Kier molecular flexibility index (Phi) is 5.83. The Balaban J connectivity index is 2.12. The number of rotatable bonds is 6. The Hall–Kier alpha value is -2.96. The molecule has 1 aromatic carbocycles. The van der Waals surface area contributed by atoms with Crippen LogP contribution in [0.2, 0.25) is 0 Å². The van der Waals surface area contributed by atoms with Crippen molar-refractivity contribution in [2.75, 3.05) is 10.6 Å². The third-order valence-electron chi connectivity index (χ3n) is 3.32. The molecular weight excluding hydrogens is 306 g/mol. The molecule has 0 aliphatic carbocycles. The first-order valence-corrected chi connectivity index (χ1v) is 7.76. The van der Waals surface area contributed by atoms with Crippen molar-refractivity contribution in [3.63, 3.8) is 0 Å². The van der Waals surface area contributed by atoms with Crippen LogP contribution in [0, 0.1) is 0 Å². The summed E-state index contributed by atoms with van der Waals surface area (Å²) < 4.78 is 0. The standard InChI is InChI=1S/C17H21N5O2/c1-4-11(2)19-16(24)15-8-9-18-17(22-15)21-14-7-5-6-13(10-14)20-12(3)23/h5-11H,4H2,1-3H3,(H,19,24)(H,20,23)(H,18,21,22). The third-order valence-corrected chi connectivity index (χ3v) is 3.32. The van der Waals surface area contributed by atoms with Crippen molar-refractivity contribution < 1.29 is 9.59 Å². The van der Waals surface area contributed by atoms with Crippen molar-refractivity contribution in [3.8, 4) is 0 Å². The molecule has 7 nitrogen and oxygen atoms in total. The highest BCUT2D eigenvalue weighted by molar-refractivity contribution is 5.92. The van der Waals surface area contributed by atoms with Gasteiger partial charge in [-0.2, -0.15) is 0 Å². The first-order valence-electron chi connectivity index (χ1n) is 7.76. The second kappa shape index (κ2) is 8.05. The number of aromatic nitrogens is 2. The van der Waals surface area contributed by atoms with Gasteiger partial charge in [0.2, 0.25) is 11.9 Å². The quantitative estimate of drug-likeness (QED) is 0.758. The highest BCUT2D eigenvalue weighted by Gasteiger charge is 2.11. The Morgan fingerprint density at radius 2 is 1.96 bits per heavy atom. The molecule has 126 valence electrons. The third kappa shape index (κ3) is 5.05. The molecule has 3 N–H and O–H groups in total. The van der Waals surface area contributed by atoms with Gasteiger partial charge in [0, 0.05) is 30.5 Å². The SMILES string of the molecule is CCC(C)NC(=O)c1ccnc(Nc2cccc(NC(C)=O)c2)n1. The summed E-state index contributed by atoms with van der Waals surface area (Å²) in [5, 5.41) is 8.59. The molecule has 2 amide bonds. The van der Waals surface area contributed by atoms with Crippen LogP contribution in [0.15, 0.2) is 36.5 Å². The van der Waals surface area contributed by atoms with Gasteiger partial charge in [0.15, 0.2) is 0 Å². The summed E-state index contributed by atoms with van der Waals surface area (Å²) in [5.41, 5.74) is 1.67. The first-order chi connectivity index (χ1) is 11.5. The number of carbonyl (C=O) groups is 2. The molecule has 7 heteroatoms. The number of nitrogens with one attached hydrogen (secondary N) is 3. The summed E-state index contributed by atoms with van der Waals surface area (Å²) in [7, 11) is 0. The fraction of sp³-hybridized carbons (Fsp3) is 0.294. The normalized spacial score (nSPS) is 11.5. The predicted molar refractivity (Wildman–Crippen MR) is 93.3 cm³/mol. The van der Waals surface area contributed by atoms with Crippen LogP contribution in [0.25, 0.3) is 0 Å². The average Bonchev–Trinajstić information content (AvgIpc) is 2.54. The lowest BCUT2D eigenvalue weighted by atomic mass is 10.2. The van der Waals surface area contributed by atoms with Crippen LogP contribution in [0.1, 0.15) is 37.7 Å². The molecule has 2 aromatic rings. The van der Waals surface area contributed by atoms with Gasteiger partial charge in [0.25, 0.3) is 5.91 Å². The summed E-state index contributed by atoms with van der Waals surface area (Å²) in [6.45, 7) is 5.38. The number of hydrogen-bond acceptors (Lipinski definition) is 5. The molecule has 1 atom stereocenters. The molecule has 1 heterocycles. The molecule has 0 saturated heterocycles. The van der Waals surface area contributed by atoms with Crippen molar-refractivity contribution in [1.82, 2.24) is 15.3 Å². The van der Waals surface area contributed by atoms with Gasteiger partial charge >= 0.3 is 0 Å². The van der Waals surface area contributed by atoms with E-state index in [0.29, 0.717) is 23.0 Å². The fourth-order valence-corrected chi connectivity index (χ4v) is 1.95. The first kappa shape index (κ1) is 17.4. The van der Waals surface area contributed by atoms with E-state index in [1.807, 2.05) is 19.9 Å². The zero-order chi connectivity index (χ0) is 17.5. The number of hydrogen-bond donors (Lipinski definition) is 3. The van der Waals surface area contributed by atoms with Crippen LogP contribution in [-0.4, -0.2) is 27.8 Å². The lowest BCUT2D eigenvalue weighted by molar-refractivity contribution is -0.114. The van der Waals surface area contributed by atoms with Crippen molar-refractivity contribution in [2.24, 2.45) is 0 Å². The maximum absolute atomic E-state index is 12.1. The second-order valence-electron chi connectivity index (χ2n) is 5.44. The van der Waals surface area contributed by atoms with Gasteiger partial charge < -0.3 is 16.0 Å². The minimum absolute atomic E-state index is 0.0817. The zero-order valence-electron chi connectivity index (χ0n) is 14.0. The van der Waals surface area contributed by atoms with Crippen LogP contribution in [-0.2, 0) is 4.79 Å². The molecule has 0 saturated carbocycles. The van der Waals surface area contributed by atoms with Gasteiger partial charge in [-0.25, -0.2) is 9.97 Å². The van der Waals surface area contributed by atoms with E-state index in [1.54, 1.807) is 24.3 Å². The van der Waals surface area contributed by atoms with Gasteiger partial charge in [0.05, 0.1) is 0 Å². The highest BCUT2D eigenvalue weighted by Crippen LogP contribution is 2.18. The van der Waals surface area contributed by atoms with E-state index in [0.717, 1.165) is 6.42 Å². The lowest BCUT2D eigenvalue weighted by Crippen LogP contribution is -2.32. The Bertz CT molecular complexity index is 732. The zero-order valence-corrected chi connectivity index (χ0v) is 14.0. The molecule has 0 aliphatic heterocycles. The van der Waals surface area contributed by atoms with Gasteiger partial charge in [-0.05, 0) is 37.6 Å². The van der Waals surface area contributed by atoms with Crippen LogP contribution in [0.3, 0.4) is 0 Å². The summed E-state index contributed by atoms with van der Waals surface area (Å²) in [6.07, 6.45) is 2.37. The molecule has 0 spiro atoms. The number of nitrogens with zero attached hydrogens (tertiary/aromatic N) is 2. The van der Waals surface area contributed by atoms with E-state index in [-0.39, 0.29) is 17.9 Å². The van der Waals surface area contributed by atoms with Crippen LogP contribution < -0.4 is 16.0 Å². The van der Waals surface area contributed by atoms with E-state index in [2.05, 4.69) is 25.9 Å². The summed E-state index contributed by atoms with van der Waals surface area (Å²) in [4.78, 5) is 31.6. The predicted octanol–water partition coefficient (Wildman–Crippen LogP) is 2.71. The van der Waals surface area contributed by atoms with Crippen LogP contribution >= 0.6 is 0 Å². The second-order valence-corrected chi connectivity index (χ2v) is 5.44. The molecule has 2 rings (SSSR count). The lowest BCUT2D eigenvalue weighted by Gasteiger charge is -2.11. The monoisotopic (exact) mass is 327 g/mol. The Morgan fingerprint density at radius 3 is 2.67 bits per heavy atom. The fourth-order valence-electron chi connectivity index (χ4n) is 1.95. The molecule has 1 unspecified atom stereocenters. The molecule has 1 aromatic heterocycles. The van der Waals surface area contributed by atoms with Gasteiger partial charge in [0.1, 0.15) is 5.69 Å². The molecule has 0 radical (unpaired) electrons. The topological polar surface area (TPSA) is 96.0 Å². The number of carbonyl (C=O) groups excluding carboxylic acids is 2. The number of amides is 2. The van der Waals surface area contributed by atoms with Gasteiger partial charge in [-0.3, -0.25) is 9.59 Å². The van der Waals surface area contributed by atoms with Crippen LogP contribution in [0.5, 0.6) is 0 Å². The molecular formula is C17H21N5O2.